The SMILES string of the molecule is Cc1ccc(C(C)C)cc1OC(C)C(=O)Nc1c(C)cccc1C. The van der Waals surface area contributed by atoms with Crippen LogP contribution in [0.4, 0.5) is 5.69 Å². The van der Waals surface area contributed by atoms with Crippen LogP contribution < -0.4 is 10.1 Å². The first kappa shape index (κ1) is 18.1. The average Bonchev–Trinajstić information content (AvgIpc) is 2.52. The standard InChI is InChI=1S/C21H27NO2/c1-13(2)18-11-10-14(3)19(12-18)24-17(6)21(23)22-20-15(4)8-7-9-16(20)5/h7-13,17H,1-6H3,(H,22,23). The van der Waals surface area contributed by atoms with E-state index in [1.807, 2.05) is 51.1 Å². The van der Waals surface area contributed by atoms with Gasteiger partial charge in [0.25, 0.3) is 5.91 Å². The van der Waals surface area contributed by atoms with Crippen LogP contribution in [0.2, 0.25) is 0 Å². The number of hydrogen-bond donors (Lipinski definition) is 1. The van der Waals surface area contributed by atoms with Crippen LogP contribution >= 0.6 is 0 Å². The Labute approximate surface area is 145 Å². The van der Waals surface area contributed by atoms with Crippen molar-refractivity contribution in [2.24, 2.45) is 0 Å². The average molecular weight is 325 g/mol. The molecule has 1 atom stereocenters. The molecule has 2 aromatic carbocycles. The van der Waals surface area contributed by atoms with Crippen LogP contribution in [0.5, 0.6) is 5.75 Å². The third kappa shape index (κ3) is 4.16. The Hall–Kier alpha value is -2.29. The molecule has 2 aromatic rings. The quantitative estimate of drug-likeness (QED) is 0.826. The Morgan fingerprint density at radius 2 is 1.58 bits per heavy atom. The number of amides is 1. The van der Waals surface area contributed by atoms with E-state index in [1.54, 1.807) is 6.92 Å². The summed E-state index contributed by atoms with van der Waals surface area (Å²) in [6, 6.07) is 12.1. The maximum Gasteiger partial charge on any atom is 0.265 e. The van der Waals surface area contributed by atoms with E-state index in [0.717, 1.165) is 28.1 Å². The first-order valence-electron chi connectivity index (χ1n) is 8.44. The molecule has 0 aliphatic rings. The summed E-state index contributed by atoms with van der Waals surface area (Å²) in [5, 5.41) is 2.99. The predicted molar refractivity (Wildman–Crippen MR) is 99.9 cm³/mol. The Balaban J connectivity index is 2.13. The van der Waals surface area contributed by atoms with Crippen molar-refractivity contribution in [2.45, 2.75) is 53.6 Å². The minimum Gasteiger partial charge on any atom is -0.481 e. The van der Waals surface area contributed by atoms with Gasteiger partial charge in [-0.25, -0.2) is 0 Å². The van der Waals surface area contributed by atoms with E-state index in [1.165, 1.54) is 5.56 Å². The molecular weight excluding hydrogens is 298 g/mol. The zero-order chi connectivity index (χ0) is 17.9. The summed E-state index contributed by atoms with van der Waals surface area (Å²) in [5.74, 6) is 1.05. The molecule has 128 valence electrons. The van der Waals surface area contributed by atoms with E-state index in [4.69, 9.17) is 4.74 Å². The highest BCUT2D eigenvalue weighted by Gasteiger charge is 2.18. The van der Waals surface area contributed by atoms with Gasteiger partial charge >= 0.3 is 0 Å². The number of hydrogen-bond acceptors (Lipinski definition) is 2. The summed E-state index contributed by atoms with van der Waals surface area (Å²) in [4.78, 5) is 12.5. The molecular formula is C21H27NO2. The fourth-order valence-corrected chi connectivity index (χ4v) is 2.58. The van der Waals surface area contributed by atoms with Crippen LogP contribution in [-0.4, -0.2) is 12.0 Å². The van der Waals surface area contributed by atoms with Crippen LogP contribution in [0.3, 0.4) is 0 Å². The largest absolute Gasteiger partial charge is 0.481 e. The molecule has 0 saturated heterocycles. The fraction of sp³-hybridized carbons (Fsp3) is 0.381. The van der Waals surface area contributed by atoms with Gasteiger partial charge in [-0.2, -0.15) is 0 Å². The lowest BCUT2D eigenvalue weighted by Gasteiger charge is -2.19. The number of carbonyl (C=O) groups excluding carboxylic acids is 1. The first-order chi connectivity index (χ1) is 11.3. The monoisotopic (exact) mass is 325 g/mol. The van der Waals surface area contributed by atoms with Crippen molar-refractivity contribution in [1.29, 1.82) is 0 Å². The molecule has 0 spiro atoms. The molecule has 24 heavy (non-hydrogen) atoms. The van der Waals surface area contributed by atoms with Crippen LogP contribution in [0.15, 0.2) is 36.4 Å². The van der Waals surface area contributed by atoms with Crippen molar-refractivity contribution < 1.29 is 9.53 Å². The van der Waals surface area contributed by atoms with Gasteiger partial charge in [0.15, 0.2) is 6.10 Å². The highest BCUT2D eigenvalue weighted by atomic mass is 16.5. The number of nitrogens with one attached hydrogen (secondary N) is 1. The zero-order valence-corrected chi connectivity index (χ0v) is 15.4. The number of ether oxygens (including phenoxy) is 1. The van der Waals surface area contributed by atoms with Gasteiger partial charge < -0.3 is 10.1 Å². The van der Waals surface area contributed by atoms with E-state index in [9.17, 15) is 4.79 Å². The molecule has 3 heteroatoms. The Bertz CT molecular complexity index is 714. The summed E-state index contributed by atoms with van der Waals surface area (Å²) in [6.45, 7) is 12.0. The van der Waals surface area contributed by atoms with Gasteiger partial charge in [0.1, 0.15) is 5.75 Å². The van der Waals surface area contributed by atoms with Crippen LogP contribution in [0, 0.1) is 20.8 Å². The molecule has 1 amide bonds. The van der Waals surface area contributed by atoms with E-state index in [-0.39, 0.29) is 5.91 Å². The molecule has 0 fully saturated rings. The second kappa shape index (κ2) is 7.52. The van der Waals surface area contributed by atoms with E-state index in [0.29, 0.717) is 5.92 Å². The van der Waals surface area contributed by atoms with Crippen molar-refractivity contribution in [1.82, 2.24) is 0 Å². The summed E-state index contributed by atoms with van der Waals surface area (Å²) in [7, 11) is 0. The lowest BCUT2D eigenvalue weighted by Crippen LogP contribution is -2.31. The van der Waals surface area contributed by atoms with Crippen molar-refractivity contribution in [3.63, 3.8) is 0 Å². The molecule has 0 aliphatic carbocycles. The lowest BCUT2D eigenvalue weighted by molar-refractivity contribution is -0.122. The Morgan fingerprint density at radius 1 is 0.958 bits per heavy atom. The van der Waals surface area contributed by atoms with Gasteiger partial charge in [0.2, 0.25) is 0 Å². The van der Waals surface area contributed by atoms with Gasteiger partial charge in [-0.15, -0.1) is 0 Å². The van der Waals surface area contributed by atoms with E-state index < -0.39 is 6.10 Å². The smallest absolute Gasteiger partial charge is 0.265 e. The van der Waals surface area contributed by atoms with Crippen molar-refractivity contribution >= 4 is 11.6 Å². The number of benzene rings is 2. The predicted octanol–water partition coefficient (Wildman–Crippen LogP) is 5.14. The highest BCUT2D eigenvalue weighted by Crippen LogP contribution is 2.26. The second-order valence-electron chi connectivity index (χ2n) is 6.70. The molecule has 2 rings (SSSR count). The fourth-order valence-electron chi connectivity index (χ4n) is 2.58. The maximum atomic E-state index is 12.5. The number of carbonyl (C=O) groups is 1. The third-order valence-electron chi connectivity index (χ3n) is 4.28. The van der Waals surface area contributed by atoms with Crippen LogP contribution in [-0.2, 0) is 4.79 Å². The molecule has 0 heterocycles. The number of para-hydroxylation sites is 1. The summed E-state index contributed by atoms with van der Waals surface area (Å²) < 4.78 is 5.94. The minimum absolute atomic E-state index is 0.137. The van der Waals surface area contributed by atoms with Crippen molar-refractivity contribution in [3.8, 4) is 5.75 Å². The van der Waals surface area contributed by atoms with Gasteiger partial charge in [-0.1, -0.05) is 44.2 Å². The summed E-state index contributed by atoms with van der Waals surface area (Å²) in [5.41, 5.74) is 5.21. The van der Waals surface area contributed by atoms with E-state index in [2.05, 4.69) is 25.2 Å². The first-order valence-corrected chi connectivity index (χ1v) is 8.44. The molecule has 1 N–H and O–H groups in total. The summed E-state index contributed by atoms with van der Waals surface area (Å²) >= 11 is 0. The highest BCUT2D eigenvalue weighted by molar-refractivity contribution is 5.95. The number of anilines is 1. The number of aryl methyl sites for hydroxylation is 3. The minimum atomic E-state index is -0.565. The molecule has 0 saturated carbocycles. The molecule has 0 radical (unpaired) electrons. The van der Waals surface area contributed by atoms with Crippen molar-refractivity contribution in [2.75, 3.05) is 5.32 Å². The van der Waals surface area contributed by atoms with Crippen molar-refractivity contribution in [3.05, 3.63) is 58.7 Å². The Kier molecular flexibility index (Phi) is 5.66. The molecule has 0 aliphatic heterocycles. The number of rotatable bonds is 5. The van der Waals surface area contributed by atoms with Crippen LogP contribution in [0.25, 0.3) is 0 Å². The maximum absolute atomic E-state index is 12.5. The second-order valence-corrected chi connectivity index (χ2v) is 6.70. The summed E-state index contributed by atoms with van der Waals surface area (Å²) in [6.07, 6.45) is -0.565. The van der Waals surface area contributed by atoms with Gasteiger partial charge in [-0.3, -0.25) is 4.79 Å². The topological polar surface area (TPSA) is 38.3 Å². The molecule has 1 unspecified atom stereocenters. The van der Waals surface area contributed by atoms with Gasteiger partial charge in [0.05, 0.1) is 0 Å². The molecule has 0 bridgehead atoms. The van der Waals surface area contributed by atoms with Crippen LogP contribution in [0.1, 0.15) is 48.9 Å². The van der Waals surface area contributed by atoms with Gasteiger partial charge in [-0.05, 0) is 61.9 Å². The molecule has 0 aromatic heterocycles. The van der Waals surface area contributed by atoms with Gasteiger partial charge in [0, 0.05) is 5.69 Å². The molecule has 3 nitrogen and oxygen atoms in total. The lowest BCUT2D eigenvalue weighted by atomic mass is 10.0. The normalized spacial score (nSPS) is 12.1. The van der Waals surface area contributed by atoms with E-state index >= 15 is 0 Å². The Morgan fingerprint density at radius 3 is 2.17 bits per heavy atom. The zero-order valence-electron chi connectivity index (χ0n) is 15.4. The third-order valence-corrected chi connectivity index (χ3v) is 4.28.